The SMILES string of the molecule is ClCCCCCNC1CCOC1. The summed E-state index contributed by atoms with van der Waals surface area (Å²) in [5.41, 5.74) is 0. The van der Waals surface area contributed by atoms with Crippen molar-refractivity contribution in [2.24, 2.45) is 0 Å². The molecule has 1 heterocycles. The van der Waals surface area contributed by atoms with Crippen molar-refractivity contribution in [2.75, 3.05) is 25.6 Å². The topological polar surface area (TPSA) is 21.3 Å². The van der Waals surface area contributed by atoms with Crippen LogP contribution in [0.2, 0.25) is 0 Å². The quantitative estimate of drug-likeness (QED) is 0.511. The lowest BCUT2D eigenvalue weighted by molar-refractivity contribution is 0.190. The van der Waals surface area contributed by atoms with Crippen LogP contribution >= 0.6 is 11.6 Å². The zero-order valence-corrected chi connectivity index (χ0v) is 8.28. The molecule has 1 fully saturated rings. The van der Waals surface area contributed by atoms with Gasteiger partial charge in [0.1, 0.15) is 0 Å². The molecular formula is C9H18ClNO. The molecule has 0 aromatic carbocycles. The van der Waals surface area contributed by atoms with Crippen molar-refractivity contribution in [1.82, 2.24) is 5.32 Å². The summed E-state index contributed by atoms with van der Waals surface area (Å²) >= 11 is 5.57. The third kappa shape index (κ3) is 4.29. The molecule has 1 aliphatic rings. The van der Waals surface area contributed by atoms with E-state index in [0.717, 1.165) is 32.1 Å². The first kappa shape index (κ1) is 10.3. The number of hydrogen-bond acceptors (Lipinski definition) is 2. The summed E-state index contributed by atoms with van der Waals surface area (Å²) in [6.07, 6.45) is 4.80. The Labute approximate surface area is 79.6 Å². The van der Waals surface area contributed by atoms with Gasteiger partial charge in [-0.3, -0.25) is 0 Å². The molecule has 1 saturated heterocycles. The van der Waals surface area contributed by atoms with Gasteiger partial charge in [0, 0.05) is 18.5 Å². The zero-order chi connectivity index (χ0) is 8.65. The van der Waals surface area contributed by atoms with Crippen LogP contribution in [0.5, 0.6) is 0 Å². The Morgan fingerprint density at radius 2 is 2.25 bits per heavy atom. The van der Waals surface area contributed by atoms with Crippen LogP contribution in [0.4, 0.5) is 0 Å². The summed E-state index contributed by atoms with van der Waals surface area (Å²) in [4.78, 5) is 0. The van der Waals surface area contributed by atoms with E-state index in [1.807, 2.05) is 0 Å². The molecule has 0 aromatic heterocycles. The Bertz CT molecular complexity index is 105. The number of alkyl halides is 1. The summed E-state index contributed by atoms with van der Waals surface area (Å²) in [6.45, 7) is 2.94. The van der Waals surface area contributed by atoms with Crippen molar-refractivity contribution in [3.8, 4) is 0 Å². The first-order valence-electron chi connectivity index (χ1n) is 4.80. The highest BCUT2D eigenvalue weighted by molar-refractivity contribution is 6.17. The molecule has 1 rings (SSSR count). The van der Waals surface area contributed by atoms with Gasteiger partial charge in [0.15, 0.2) is 0 Å². The van der Waals surface area contributed by atoms with E-state index in [1.54, 1.807) is 0 Å². The van der Waals surface area contributed by atoms with Gasteiger partial charge in [-0.15, -0.1) is 11.6 Å². The second-order valence-electron chi connectivity index (χ2n) is 3.26. The van der Waals surface area contributed by atoms with E-state index in [-0.39, 0.29) is 0 Å². The third-order valence-corrected chi connectivity index (χ3v) is 2.44. The van der Waals surface area contributed by atoms with E-state index in [4.69, 9.17) is 16.3 Å². The average molecular weight is 192 g/mol. The predicted octanol–water partition coefficient (Wildman–Crippen LogP) is 1.77. The molecule has 0 saturated carbocycles. The van der Waals surface area contributed by atoms with Crippen LogP contribution in [-0.2, 0) is 4.74 Å². The number of unbranched alkanes of at least 4 members (excludes halogenated alkanes) is 2. The van der Waals surface area contributed by atoms with E-state index in [9.17, 15) is 0 Å². The van der Waals surface area contributed by atoms with Gasteiger partial charge in [0.25, 0.3) is 0 Å². The lowest BCUT2D eigenvalue weighted by atomic mass is 10.2. The van der Waals surface area contributed by atoms with E-state index < -0.39 is 0 Å². The highest BCUT2D eigenvalue weighted by atomic mass is 35.5. The Morgan fingerprint density at radius 3 is 2.92 bits per heavy atom. The van der Waals surface area contributed by atoms with E-state index in [2.05, 4.69) is 5.32 Å². The van der Waals surface area contributed by atoms with Crippen LogP contribution in [0.3, 0.4) is 0 Å². The van der Waals surface area contributed by atoms with Crippen molar-refractivity contribution in [2.45, 2.75) is 31.7 Å². The first-order valence-corrected chi connectivity index (χ1v) is 5.34. The van der Waals surface area contributed by atoms with Crippen LogP contribution in [0.25, 0.3) is 0 Å². The standard InChI is InChI=1S/C9H18ClNO/c10-5-2-1-3-6-11-9-4-7-12-8-9/h9,11H,1-8H2. The lowest BCUT2D eigenvalue weighted by Crippen LogP contribution is -2.29. The molecule has 2 nitrogen and oxygen atoms in total. The fourth-order valence-corrected chi connectivity index (χ4v) is 1.59. The fraction of sp³-hybridized carbons (Fsp3) is 1.00. The van der Waals surface area contributed by atoms with Crippen molar-refractivity contribution in [3.63, 3.8) is 0 Å². The predicted molar refractivity (Wildman–Crippen MR) is 51.8 cm³/mol. The number of ether oxygens (including phenoxy) is 1. The number of nitrogens with one attached hydrogen (secondary N) is 1. The van der Waals surface area contributed by atoms with E-state index in [1.165, 1.54) is 19.3 Å². The average Bonchev–Trinajstić information content (AvgIpc) is 2.57. The summed E-state index contributed by atoms with van der Waals surface area (Å²) in [5.74, 6) is 0.798. The van der Waals surface area contributed by atoms with Gasteiger partial charge >= 0.3 is 0 Å². The molecule has 0 bridgehead atoms. The third-order valence-electron chi connectivity index (χ3n) is 2.17. The second kappa shape index (κ2) is 6.70. The molecule has 3 heteroatoms. The highest BCUT2D eigenvalue weighted by Gasteiger charge is 2.13. The molecular weight excluding hydrogens is 174 g/mol. The van der Waals surface area contributed by atoms with Crippen LogP contribution < -0.4 is 5.32 Å². The number of rotatable bonds is 6. The van der Waals surface area contributed by atoms with Gasteiger partial charge < -0.3 is 10.1 Å². The molecule has 1 aliphatic heterocycles. The molecule has 1 N–H and O–H groups in total. The lowest BCUT2D eigenvalue weighted by Gasteiger charge is -2.09. The molecule has 0 spiro atoms. The maximum atomic E-state index is 5.57. The normalized spacial score (nSPS) is 23.2. The molecule has 0 amide bonds. The van der Waals surface area contributed by atoms with Gasteiger partial charge in [0.2, 0.25) is 0 Å². The van der Waals surface area contributed by atoms with Gasteiger partial charge in [-0.25, -0.2) is 0 Å². The van der Waals surface area contributed by atoms with Crippen LogP contribution in [0, 0.1) is 0 Å². The Hall–Kier alpha value is 0.210. The molecule has 0 radical (unpaired) electrons. The van der Waals surface area contributed by atoms with Gasteiger partial charge in [-0.1, -0.05) is 6.42 Å². The van der Waals surface area contributed by atoms with Crippen molar-refractivity contribution in [3.05, 3.63) is 0 Å². The molecule has 0 aromatic rings. The Kier molecular flexibility index (Phi) is 5.74. The molecule has 0 aliphatic carbocycles. The summed E-state index contributed by atoms with van der Waals surface area (Å²) in [5, 5.41) is 3.47. The van der Waals surface area contributed by atoms with Crippen molar-refractivity contribution in [1.29, 1.82) is 0 Å². The molecule has 72 valence electrons. The Morgan fingerprint density at radius 1 is 1.33 bits per heavy atom. The highest BCUT2D eigenvalue weighted by Crippen LogP contribution is 2.03. The minimum absolute atomic E-state index is 0.612. The van der Waals surface area contributed by atoms with E-state index in [0.29, 0.717) is 6.04 Å². The summed E-state index contributed by atoms with van der Waals surface area (Å²) < 4.78 is 5.25. The van der Waals surface area contributed by atoms with Crippen LogP contribution in [0.15, 0.2) is 0 Å². The maximum Gasteiger partial charge on any atom is 0.0620 e. The summed E-state index contributed by atoms with van der Waals surface area (Å²) in [7, 11) is 0. The minimum atomic E-state index is 0.612. The van der Waals surface area contributed by atoms with Crippen LogP contribution in [0.1, 0.15) is 25.7 Å². The largest absolute Gasteiger partial charge is 0.380 e. The van der Waals surface area contributed by atoms with Crippen molar-refractivity contribution >= 4 is 11.6 Å². The monoisotopic (exact) mass is 191 g/mol. The zero-order valence-electron chi connectivity index (χ0n) is 7.52. The molecule has 12 heavy (non-hydrogen) atoms. The number of hydrogen-bond donors (Lipinski definition) is 1. The Balaban J connectivity index is 1.81. The maximum absolute atomic E-state index is 5.57. The van der Waals surface area contributed by atoms with E-state index >= 15 is 0 Å². The molecule has 1 unspecified atom stereocenters. The fourth-order valence-electron chi connectivity index (χ4n) is 1.40. The number of halogens is 1. The van der Waals surface area contributed by atoms with Gasteiger partial charge in [-0.2, -0.15) is 0 Å². The smallest absolute Gasteiger partial charge is 0.0620 e. The van der Waals surface area contributed by atoms with Crippen LogP contribution in [-0.4, -0.2) is 31.7 Å². The minimum Gasteiger partial charge on any atom is -0.380 e. The second-order valence-corrected chi connectivity index (χ2v) is 3.64. The molecule has 1 atom stereocenters. The van der Waals surface area contributed by atoms with Gasteiger partial charge in [0.05, 0.1) is 6.61 Å². The summed E-state index contributed by atoms with van der Waals surface area (Å²) in [6, 6.07) is 0.612. The van der Waals surface area contributed by atoms with Gasteiger partial charge in [-0.05, 0) is 25.8 Å². The first-order chi connectivity index (χ1) is 5.93. The van der Waals surface area contributed by atoms with Crippen molar-refractivity contribution < 1.29 is 4.74 Å².